The van der Waals surface area contributed by atoms with E-state index in [1.54, 1.807) is 0 Å². The molecule has 0 spiro atoms. The topological polar surface area (TPSA) is 69.0 Å². The van der Waals surface area contributed by atoms with Crippen molar-refractivity contribution in [2.24, 2.45) is 5.11 Å². The molecule has 0 saturated heterocycles. The lowest BCUT2D eigenvalue weighted by atomic mass is 9.97. The molecule has 0 fully saturated rings. The fourth-order valence-corrected chi connectivity index (χ4v) is 1.85. The van der Waals surface area contributed by atoms with Gasteiger partial charge in [-0.1, -0.05) is 65.8 Å². The van der Waals surface area contributed by atoms with Crippen molar-refractivity contribution in [1.82, 2.24) is 0 Å². The fourth-order valence-electron chi connectivity index (χ4n) is 1.85. The maximum atomic E-state index is 10.3. The SMILES string of the molecule is [N-]=[N+]=N[C@H](c1ccccc1)[C@H](O)c1ccccc1. The highest BCUT2D eigenvalue weighted by molar-refractivity contribution is 5.26. The van der Waals surface area contributed by atoms with E-state index in [4.69, 9.17) is 5.53 Å². The van der Waals surface area contributed by atoms with Gasteiger partial charge in [0.2, 0.25) is 0 Å². The fraction of sp³-hybridized carbons (Fsp3) is 0.143. The number of aliphatic hydroxyl groups is 1. The van der Waals surface area contributed by atoms with E-state index in [0.29, 0.717) is 0 Å². The second-order valence-corrected chi connectivity index (χ2v) is 3.92. The summed E-state index contributed by atoms with van der Waals surface area (Å²) >= 11 is 0. The van der Waals surface area contributed by atoms with Crippen molar-refractivity contribution < 1.29 is 5.11 Å². The van der Waals surface area contributed by atoms with Crippen LogP contribution in [0.25, 0.3) is 10.4 Å². The van der Waals surface area contributed by atoms with Crippen molar-refractivity contribution >= 4 is 0 Å². The summed E-state index contributed by atoms with van der Waals surface area (Å²) in [6, 6.07) is 17.8. The van der Waals surface area contributed by atoms with E-state index >= 15 is 0 Å². The van der Waals surface area contributed by atoms with Crippen LogP contribution in [0, 0.1) is 0 Å². The van der Waals surface area contributed by atoms with Gasteiger partial charge in [0.1, 0.15) is 0 Å². The van der Waals surface area contributed by atoms with Crippen LogP contribution in [0.2, 0.25) is 0 Å². The lowest BCUT2D eigenvalue weighted by Crippen LogP contribution is -2.08. The molecule has 0 unspecified atom stereocenters. The average molecular weight is 239 g/mol. The van der Waals surface area contributed by atoms with E-state index in [1.165, 1.54) is 0 Å². The first-order valence-corrected chi connectivity index (χ1v) is 5.65. The van der Waals surface area contributed by atoms with Crippen LogP contribution >= 0.6 is 0 Å². The van der Waals surface area contributed by atoms with Gasteiger partial charge in [-0.2, -0.15) is 0 Å². The highest BCUT2D eigenvalue weighted by Crippen LogP contribution is 2.31. The molecule has 90 valence electrons. The van der Waals surface area contributed by atoms with Crippen LogP contribution < -0.4 is 0 Å². The molecule has 0 radical (unpaired) electrons. The van der Waals surface area contributed by atoms with Gasteiger partial charge < -0.3 is 5.11 Å². The van der Waals surface area contributed by atoms with E-state index in [1.807, 2.05) is 60.7 Å². The number of hydrogen-bond donors (Lipinski definition) is 1. The summed E-state index contributed by atoms with van der Waals surface area (Å²) in [4.78, 5) is 2.82. The normalized spacial score (nSPS) is 13.4. The van der Waals surface area contributed by atoms with E-state index in [0.717, 1.165) is 11.1 Å². The van der Waals surface area contributed by atoms with Crippen LogP contribution in [0.3, 0.4) is 0 Å². The first-order chi connectivity index (χ1) is 8.83. The maximum Gasteiger partial charge on any atom is 0.0926 e. The zero-order valence-electron chi connectivity index (χ0n) is 9.72. The monoisotopic (exact) mass is 239 g/mol. The molecule has 4 heteroatoms. The maximum absolute atomic E-state index is 10.3. The smallest absolute Gasteiger partial charge is 0.0926 e. The number of aliphatic hydroxyl groups excluding tert-OH is 1. The Labute approximate surface area is 105 Å². The molecule has 0 aliphatic rings. The Morgan fingerprint density at radius 1 is 0.889 bits per heavy atom. The van der Waals surface area contributed by atoms with E-state index in [9.17, 15) is 5.11 Å². The lowest BCUT2D eigenvalue weighted by molar-refractivity contribution is 0.147. The molecule has 2 aromatic rings. The molecule has 18 heavy (non-hydrogen) atoms. The van der Waals surface area contributed by atoms with Gasteiger partial charge in [-0.15, -0.1) is 0 Å². The lowest BCUT2D eigenvalue weighted by Gasteiger charge is -2.19. The van der Waals surface area contributed by atoms with Crippen LogP contribution in [0.1, 0.15) is 23.3 Å². The highest BCUT2D eigenvalue weighted by Gasteiger charge is 2.21. The van der Waals surface area contributed by atoms with Crippen molar-refractivity contribution in [2.75, 3.05) is 0 Å². The largest absolute Gasteiger partial charge is 0.388 e. The molecule has 0 saturated carbocycles. The molecule has 0 aliphatic heterocycles. The Bertz CT molecular complexity index is 535. The van der Waals surface area contributed by atoms with Crippen molar-refractivity contribution in [3.05, 3.63) is 82.2 Å². The summed E-state index contributed by atoms with van der Waals surface area (Å²) in [7, 11) is 0. The van der Waals surface area contributed by atoms with Crippen LogP contribution in [-0.4, -0.2) is 5.11 Å². The van der Waals surface area contributed by atoms with Gasteiger partial charge in [-0.3, -0.25) is 0 Å². The second-order valence-electron chi connectivity index (χ2n) is 3.92. The van der Waals surface area contributed by atoms with Crippen molar-refractivity contribution in [2.45, 2.75) is 12.1 Å². The Hall–Kier alpha value is -2.29. The van der Waals surface area contributed by atoms with Gasteiger partial charge in [0.15, 0.2) is 0 Å². The molecular formula is C14H13N3O. The Balaban J connectivity index is 2.35. The predicted molar refractivity (Wildman–Crippen MR) is 69.7 cm³/mol. The first-order valence-electron chi connectivity index (χ1n) is 5.65. The number of nitrogens with zero attached hydrogens (tertiary/aromatic N) is 3. The molecule has 2 aromatic carbocycles. The van der Waals surface area contributed by atoms with E-state index in [2.05, 4.69) is 10.0 Å². The van der Waals surface area contributed by atoms with Gasteiger partial charge in [0, 0.05) is 4.91 Å². The molecule has 0 bridgehead atoms. The third-order valence-corrected chi connectivity index (χ3v) is 2.76. The minimum absolute atomic E-state index is 0.612. The van der Waals surface area contributed by atoms with Gasteiger partial charge >= 0.3 is 0 Å². The van der Waals surface area contributed by atoms with Gasteiger partial charge in [0.25, 0.3) is 0 Å². The van der Waals surface area contributed by atoms with Crippen LogP contribution in [0.4, 0.5) is 0 Å². The molecule has 0 heterocycles. The van der Waals surface area contributed by atoms with Crippen molar-refractivity contribution in [3.63, 3.8) is 0 Å². The minimum Gasteiger partial charge on any atom is -0.388 e. The summed E-state index contributed by atoms with van der Waals surface area (Å²) in [6.45, 7) is 0. The Kier molecular flexibility index (Phi) is 3.97. The summed E-state index contributed by atoms with van der Waals surface area (Å²) in [6.07, 6.45) is -0.843. The third kappa shape index (κ3) is 2.69. The molecular weight excluding hydrogens is 226 g/mol. The van der Waals surface area contributed by atoms with E-state index < -0.39 is 12.1 Å². The van der Waals surface area contributed by atoms with Crippen LogP contribution in [0.5, 0.6) is 0 Å². The second kappa shape index (κ2) is 5.87. The quantitative estimate of drug-likeness (QED) is 0.492. The Morgan fingerprint density at radius 2 is 1.39 bits per heavy atom. The molecule has 4 nitrogen and oxygen atoms in total. The summed E-state index contributed by atoms with van der Waals surface area (Å²) in [5.41, 5.74) is 10.2. The molecule has 0 aliphatic carbocycles. The zero-order chi connectivity index (χ0) is 12.8. The third-order valence-electron chi connectivity index (χ3n) is 2.76. The standard InChI is InChI=1S/C14H13N3O/c15-17-16-13(11-7-3-1-4-8-11)14(18)12-9-5-2-6-10-12/h1-10,13-14,18H/t13-,14-/m1/s1. The minimum atomic E-state index is -0.843. The van der Waals surface area contributed by atoms with Crippen LogP contribution in [0.15, 0.2) is 65.8 Å². The zero-order valence-corrected chi connectivity index (χ0v) is 9.72. The van der Waals surface area contributed by atoms with E-state index in [-0.39, 0.29) is 0 Å². The molecule has 2 atom stereocenters. The molecule has 1 N–H and O–H groups in total. The summed E-state index contributed by atoms with van der Waals surface area (Å²) < 4.78 is 0. The van der Waals surface area contributed by atoms with Crippen molar-refractivity contribution in [3.8, 4) is 0 Å². The highest BCUT2D eigenvalue weighted by atomic mass is 16.3. The number of rotatable bonds is 4. The van der Waals surface area contributed by atoms with Crippen molar-refractivity contribution in [1.29, 1.82) is 0 Å². The Morgan fingerprint density at radius 3 is 1.89 bits per heavy atom. The van der Waals surface area contributed by atoms with Gasteiger partial charge in [0.05, 0.1) is 12.1 Å². The van der Waals surface area contributed by atoms with Gasteiger partial charge in [-0.25, -0.2) is 0 Å². The average Bonchev–Trinajstić information content (AvgIpc) is 2.46. The number of benzene rings is 2. The molecule has 2 rings (SSSR count). The molecule has 0 aromatic heterocycles. The summed E-state index contributed by atoms with van der Waals surface area (Å²) in [5.74, 6) is 0. The van der Waals surface area contributed by atoms with Gasteiger partial charge in [-0.05, 0) is 16.7 Å². The van der Waals surface area contributed by atoms with Crippen LogP contribution in [-0.2, 0) is 0 Å². The number of azide groups is 1. The number of hydrogen-bond acceptors (Lipinski definition) is 2. The predicted octanol–water partition coefficient (Wildman–Crippen LogP) is 3.77. The molecule has 0 amide bonds. The first kappa shape index (κ1) is 12.2. The summed E-state index contributed by atoms with van der Waals surface area (Å²) in [5, 5.41) is 14.0.